The Morgan fingerprint density at radius 1 is 1.16 bits per heavy atom. The molecule has 0 N–H and O–H groups in total. The van der Waals surface area contributed by atoms with Gasteiger partial charge in [0.05, 0.1) is 10.7 Å². The van der Waals surface area contributed by atoms with Crippen LogP contribution in [-0.2, 0) is 0 Å². The summed E-state index contributed by atoms with van der Waals surface area (Å²) < 4.78 is 2.99. The van der Waals surface area contributed by atoms with Gasteiger partial charge in [-0.1, -0.05) is 23.2 Å². The second-order valence-corrected chi connectivity index (χ2v) is 6.08. The molecule has 2 nitrogen and oxygen atoms in total. The lowest BCUT2D eigenvalue weighted by atomic mass is 10.2. The van der Waals surface area contributed by atoms with Crippen molar-refractivity contribution in [3.05, 3.63) is 56.7 Å². The number of pyridine rings is 1. The summed E-state index contributed by atoms with van der Waals surface area (Å²) in [5.74, 6) is 0. The van der Waals surface area contributed by atoms with Gasteiger partial charge in [0.2, 0.25) is 0 Å². The highest BCUT2D eigenvalue weighted by Crippen LogP contribution is 2.31. The van der Waals surface area contributed by atoms with Crippen LogP contribution in [0.5, 0.6) is 0 Å². The van der Waals surface area contributed by atoms with E-state index in [0.717, 1.165) is 26.9 Å². The molecule has 0 atom stereocenters. The quantitative estimate of drug-likeness (QED) is 0.572. The lowest BCUT2D eigenvalue weighted by molar-refractivity contribution is 1.15. The van der Waals surface area contributed by atoms with Crippen LogP contribution in [0.3, 0.4) is 0 Å². The van der Waals surface area contributed by atoms with E-state index in [1.165, 1.54) is 0 Å². The van der Waals surface area contributed by atoms with Gasteiger partial charge in [-0.2, -0.15) is 0 Å². The van der Waals surface area contributed by atoms with Gasteiger partial charge >= 0.3 is 0 Å². The third-order valence-electron chi connectivity index (χ3n) is 2.91. The molecule has 2 aromatic heterocycles. The van der Waals surface area contributed by atoms with Crippen LogP contribution in [0.1, 0.15) is 5.56 Å². The Labute approximate surface area is 129 Å². The number of benzene rings is 1. The smallest absolute Gasteiger partial charge is 0.140 e. The minimum atomic E-state index is 0.643. The summed E-state index contributed by atoms with van der Waals surface area (Å²) in [5.41, 5.74) is 3.66. The van der Waals surface area contributed by atoms with Crippen molar-refractivity contribution >= 4 is 44.8 Å². The molecule has 5 heteroatoms. The Balaban J connectivity index is 2.26. The van der Waals surface area contributed by atoms with Gasteiger partial charge in [-0.05, 0) is 52.7 Å². The van der Waals surface area contributed by atoms with Gasteiger partial charge in [-0.15, -0.1) is 0 Å². The second kappa shape index (κ2) is 4.82. The number of aromatic nitrogens is 2. The Morgan fingerprint density at radius 3 is 2.74 bits per heavy atom. The zero-order valence-corrected chi connectivity index (χ0v) is 13.1. The van der Waals surface area contributed by atoms with Gasteiger partial charge in [-0.25, -0.2) is 4.98 Å². The first kappa shape index (κ1) is 13.0. The van der Waals surface area contributed by atoms with Crippen LogP contribution in [0.2, 0.25) is 10.0 Å². The number of rotatable bonds is 1. The van der Waals surface area contributed by atoms with Gasteiger partial charge in [0.1, 0.15) is 5.65 Å². The number of fused-ring (bicyclic) bond motifs is 1. The monoisotopic (exact) mass is 354 g/mol. The zero-order chi connectivity index (χ0) is 13.6. The van der Waals surface area contributed by atoms with Gasteiger partial charge in [0, 0.05) is 27.5 Å². The number of nitrogens with zero attached hydrogens (tertiary/aromatic N) is 2. The van der Waals surface area contributed by atoms with E-state index in [1.54, 1.807) is 12.1 Å². The van der Waals surface area contributed by atoms with Crippen molar-refractivity contribution in [2.75, 3.05) is 0 Å². The van der Waals surface area contributed by atoms with Crippen molar-refractivity contribution < 1.29 is 0 Å². The van der Waals surface area contributed by atoms with E-state index in [2.05, 4.69) is 20.9 Å². The summed E-state index contributed by atoms with van der Waals surface area (Å²) in [5, 5.41) is 1.29. The van der Waals surface area contributed by atoms with Gasteiger partial charge in [-0.3, -0.25) is 0 Å². The third kappa shape index (κ3) is 2.38. The maximum atomic E-state index is 6.21. The molecule has 0 fully saturated rings. The highest BCUT2D eigenvalue weighted by Gasteiger charge is 2.10. The SMILES string of the molecule is Cc1cc(Br)cn2cc(-c3cc(Cl)ccc3Cl)nc12. The van der Waals surface area contributed by atoms with Crippen LogP contribution < -0.4 is 0 Å². The molecule has 0 unspecified atom stereocenters. The number of halogens is 3. The lowest BCUT2D eigenvalue weighted by Crippen LogP contribution is -1.86. The fourth-order valence-corrected chi connectivity index (χ4v) is 3.00. The van der Waals surface area contributed by atoms with Gasteiger partial charge in [0.15, 0.2) is 0 Å². The topological polar surface area (TPSA) is 17.3 Å². The average Bonchev–Trinajstić information content (AvgIpc) is 2.76. The minimum Gasteiger partial charge on any atom is -0.305 e. The molecule has 1 aromatic carbocycles. The average molecular weight is 356 g/mol. The molecule has 0 saturated carbocycles. The minimum absolute atomic E-state index is 0.643. The molecule has 3 rings (SSSR count). The van der Waals surface area contributed by atoms with Crippen molar-refractivity contribution in [1.29, 1.82) is 0 Å². The maximum Gasteiger partial charge on any atom is 0.140 e. The first-order valence-electron chi connectivity index (χ1n) is 5.65. The second-order valence-electron chi connectivity index (χ2n) is 4.32. The molecule has 96 valence electrons. The molecule has 0 radical (unpaired) electrons. The van der Waals surface area contributed by atoms with Crippen molar-refractivity contribution in [3.8, 4) is 11.3 Å². The number of imidazole rings is 1. The fourth-order valence-electron chi connectivity index (χ4n) is 2.05. The summed E-state index contributed by atoms with van der Waals surface area (Å²) >= 11 is 15.7. The van der Waals surface area contributed by atoms with E-state index in [1.807, 2.05) is 35.9 Å². The van der Waals surface area contributed by atoms with E-state index in [-0.39, 0.29) is 0 Å². The summed E-state index contributed by atoms with van der Waals surface area (Å²) in [4.78, 5) is 4.62. The van der Waals surface area contributed by atoms with Gasteiger partial charge in [0.25, 0.3) is 0 Å². The first-order chi connectivity index (χ1) is 9.04. The third-order valence-corrected chi connectivity index (χ3v) is 3.90. The molecule has 3 aromatic rings. The van der Waals surface area contributed by atoms with Crippen LogP contribution in [0, 0.1) is 6.92 Å². The molecule has 0 bridgehead atoms. The number of aryl methyl sites for hydroxylation is 1. The van der Waals surface area contributed by atoms with E-state index in [0.29, 0.717) is 10.0 Å². The largest absolute Gasteiger partial charge is 0.305 e. The predicted molar refractivity (Wildman–Crippen MR) is 83.1 cm³/mol. The highest BCUT2D eigenvalue weighted by atomic mass is 79.9. The summed E-state index contributed by atoms with van der Waals surface area (Å²) in [7, 11) is 0. The van der Waals surface area contributed by atoms with Crippen molar-refractivity contribution in [3.63, 3.8) is 0 Å². The van der Waals surface area contributed by atoms with Crippen LogP contribution in [0.4, 0.5) is 0 Å². The fraction of sp³-hybridized carbons (Fsp3) is 0.0714. The first-order valence-corrected chi connectivity index (χ1v) is 7.20. The number of hydrogen-bond acceptors (Lipinski definition) is 1. The Morgan fingerprint density at radius 2 is 1.95 bits per heavy atom. The predicted octanol–water partition coefficient (Wildman–Crippen LogP) is 5.38. The number of hydrogen-bond donors (Lipinski definition) is 0. The molecule has 0 spiro atoms. The summed E-state index contributed by atoms with van der Waals surface area (Å²) in [6.45, 7) is 2.02. The van der Waals surface area contributed by atoms with E-state index in [4.69, 9.17) is 23.2 Å². The van der Waals surface area contributed by atoms with E-state index >= 15 is 0 Å². The Kier molecular flexibility index (Phi) is 3.29. The molecular formula is C14H9BrCl2N2. The molecule has 19 heavy (non-hydrogen) atoms. The normalized spacial score (nSPS) is 11.2. The molecule has 0 aliphatic rings. The summed E-state index contributed by atoms with van der Waals surface area (Å²) in [6.07, 6.45) is 3.92. The standard InChI is InChI=1S/C14H9BrCl2N2/c1-8-4-9(15)6-19-7-13(18-14(8)19)11-5-10(16)2-3-12(11)17/h2-7H,1H3. The Hall–Kier alpha value is -1.03. The molecule has 0 aliphatic carbocycles. The summed E-state index contributed by atoms with van der Waals surface area (Å²) in [6, 6.07) is 7.42. The highest BCUT2D eigenvalue weighted by molar-refractivity contribution is 9.10. The van der Waals surface area contributed by atoms with Gasteiger partial charge < -0.3 is 4.40 Å². The molecule has 0 saturated heterocycles. The zero-order valence-electron chi connectivity index (χ0n) is 9.99. The molecule has 0 aliphatic heterocycles. The lowest BCUT2D eigenvalue weighted by Gasteiger charge is -2.00. The van der Waals surface area contributed by atoms with Crippen molar-refractivity contribution in [2.45, 2.75) is 6.92 Å². The van der Waals surface area contributed by atoms with Crippen LogP contribution in [-0.4, -0.2) is 9.38 Å². The van der Waals surface area contributed by atoms with Crippen LogP contribution in [0.15, 0.2) is 41.1 Å². The molecular weight excluding hydrogens is 347 g/mol. The van der Waals surface area contributed by atoms with Crippen molar-refractivity contribution in [2.24, 2.45) is 0 Å². The maximum absolute atomic E-state index is 6.21. The Bertz CT molecular complexity index is 780. The molecule has 2 heterocycles. The van der Waals surface area contributed by atoms with E-state index < -0.39 is 0 Å². The molecule has 0 amide bonds. The van der Waals surface area contributed by atoms with Crippen molar-refractivity contribution in [1.82, 2.24) is 9.38 Å². The van der Waals surface area contributed by atoms with E-state index in [9.17, 15) is 0 Å². The van der Waals surface area contributed by atoms with Crippen LogP contribution >= 0.6 is 39.1 Å². The van der Waals surface area contributed by atoms with Crippen LogP contribution in [0.25, 0.3) is 16.9 Å².